The van der Waals surface area contributed by atoms with Crippen LogP contribution in [-0.2, 0) is 15.1 Å². The molecule has 0 aliphatic carbocycles. The van der Waals surface area contributed by atoms with Gasteiger partial charge in [0.1, 0.15) is 12.1 Å². The molecule has 9 heteroatoms. The van der Waals surface area contributed by atoms with Crippen LogP contribution in [0, 0.1) is 0 Å². The first-order chi connectivity index (χ1) is 16.4. The third kappa shape index (κ3) is 4.06. The molecule has 2 N–H and O–H groups in total. The Morgan fingerprint density at radius 1 is 1.03 bits per heavy atom. The molecule has 172 valence electrons. The number of carbonyl (C=O) groups excluding carboxylic acids is 3. The van der Waals surface area contributed by atoms with Crippen molar-refractivity contribution in [3.8, 4) is 11.5 Å². The smallest absolute Gasteiger partial charge is 0.325 e. The normalized spacial score (nSPS) is 18.7. The zero-order valence-corrected chi connectivity index (χ0v) is 19.1. The molecule has 1 saturated heterocycles. The minimum absolute atomic E-state index is 0.103. The van der Waals surface area contributed by atoms with Gasteiger partial charge in [0.15, 0.2) is 11.5 Å². The van der Waals surface area contributed by atoms with Crippen LogP contribution in [0.4, 0.5) is 10.5 Å². The molecule has 3 aromatic rings. The van der Waals surface area contributed by atoms with Gasteiger partial charge in [0.25, 0.3) is 5.91 Å². The predicted octanol–water partition coefficient (Wildman–Crippen LogP) is 3.97. The number of fused-ring (bicyclic) bond motifs is 1. The third-order valence-corrected chi connectivity index (χ3v) is 6.74. The summed E-state index contributed by atoms with van der Waals surface area (Å²) in [5.41, 5.74) is -0.172. The lowest BCUT2D eigenvalue weighted by Gasteiger charge is -2.22. The molecule has 8 nitrogen and oxygen atoms in total. The van der Waals surface area contributed by atoms with E-state index < -0.39 is 29.9 Å². The van der Waals surface area contributed by atoms with Crippen molar-refractivity contribution in [1.29, 1.82) is 0 Å². The van der Waals surface area contributed by atoms with Crippen molar-refractivity contribution in [2.45, 2.75) is 22.3 Å². The summed E-state index contributed by atoms with van der Waals surface area (Å²) in [4.78, 5) is 41.5. The quantitative estimate of drug-likeness (QED) is 0.524. The number of para-hydroxylation sites is 1. The average Bonchev–Trinajstić information content (AvgIpc) is 3.39. The molecule has 0 spiro atoms. The average molecular weight is 476 g/mol. The van der Waals surface area contributed by atoms with Crippen LogP contribution in [0.5, 0.6) is 11.5 Å². The fraction of sp³-hybridized carbons (Fsp3) is 0.160. The number of urea groups is 1. The number of nitrogens with zero attached hydrogens (tertiary/aromatic N) is 1. The SMILES string of the molecule is C[C@]1(c2ccc3c(c2)OCO3)NC(=O)N(CC(=O)Nc2ccccc2Sc2ccccc2)C1=O. The van der Waals surface area contributed by atoms with Gasteiger partial charge in [-0.05, 0) is 48.9 Å². The molecule has 3 aromatic carbocycles. The monoisotopic (exact) mass is 475 g/mol. The Balaban J connectivity index is 1.30. The Morgan fingerprint density at radius 3 is 2.59 bits per heavy atom. The summed E-state index contributed by atoms with van der Waals surface area (Å²) < 4.78 is 10.7. The van der Waals surface area contributed by atoms with Crippen molar-refractivity contribution >= 4 is 35.3 Å². The van der Waals surface area contributed by atoms with Gasteiger partial charge in [-0.15, -0.1) is 0 Å². The molecular weight excluding hydrogens is 454 g/mol. The number of nitrogens with one attached hydrogen (secondary N) is 2. The van der Waals surface area contributed by atoms with Crippen molar-refractivity contribution in [3.05, 3.63) is 78.4 Å². The molecule has 5 rings (SSSR count). The first-order valence-corrected chi connectivity index (χ1v) is 11.4. The van der Waals surface area contributed by atoms with Crippen molar-refractivity contribution in [3.63, 3.8) is 0 Å². The van der Waals surface area contributed by atoms with Crippen molar-refractivity contribution < 1.29 is 23.9 Å². The summed E-state index contributed by atoms with van der Waals surface area (Å²) in [5.74, 6) is 0.0925. The molecule has 2 heterocycles. The lowest BCUT2D eigenvalue weighted by Crippen LogP contribution is -2.42. The molecule has 0 radical (unpaired) electrons. The van der Waals surface area contributed by atoms with E-state index in [9.17, 15) is 14.4 Å². The van der Waals surface area contributed by atoms with Gasteiger partial charge in [-0.3, -0.25) is 14.5 Å². The van der Waals surface area contributed by atoms with Gasteiger partial charge in [-0.1, -0.05) is 48.2 Å². The zero-order valence-electron chi connectivity index (χ0n) is 18.2. The van der Waals surface area contributed by atoms with E-state index in [4.69, 9.17) is 9.47 Å². The summed E-state index contributed by atoms with van der Waals surface area (Å²) in [6.07, 6.45) is 0. The Kier molecular flexibility index (Phi) is 5.62. The maximum atomic E-state index is 13.2. The summed E-state index contributed by atoms with van der Waals surface area (Å²) in [6, 6.07) is 21.6. The van der Waals surface area contributed by atoms with Gasteiger partial charge in [0.2, 0.25) is 12.7 Å². The number of ether oxygens (including phenoxy) is 2. The standard InChI is InChI=1S/C25H21N3O5S/c1-25(16-11-12-19-20(13-16)33-15-32-19)23(30)28(24(31)27-25)14-22(29)26-18-9-5-6-10-21(18)34-17-7-3-2-4-8-17/h2-13H,14-15H2,1H3,(H,26,29)(H,27,31)/t25-/m1/s1. The number of anilines is 1. The Bertz CT molecular complexity index is 1280. The number of benzene rings is 3. The third-order valence-electron chi connectivity index (χ3n) is 5.66. The van der Waals surface area contributed by atoms with Crippen LogP contribution in [0.1, 0.15) is 12.5 Å². The topological polar surface area (TPSA) is 97.0 Å². The van der Waals surface area contributed by atoms with Crippen molar-refractivity contribution in [1.82, 2.24) is 10.2 Å². The molecule has 2 aliphatic heterocycles. The molecule has 1 fully saturated rings. The minimum atomic E-state index is -1.32. The van der Waals surface area contributed by atoms with E-state index in [2.05, 4.69) is 10.6 Å². The summed E-state index contributed by atoms with van der Waals surface area (Å²) >= 11 is 1.51. The summed E-state index contributed by atoms with van der Waals surface area (Å²) in [6.45, 7) is 1.30. The van der Waals surface area contributed by atoms with Crippen LogP contribution in [0.15, 0.2) is 82.6 Å². The minimum Gasteiger partial charge on any atom is -0.454 e. The maximum Gasteiger partial charge on any atom is 0.325 e. The van der Waals surface area contributed by atoms with Crippen LogP contribution in [0.25, 0.3) is 0 Å². The summed E-state index contributed by atoms with van der Waals surface area (Å²) in [7, 11) is 0. The second-order valence-corrected chi connectivity index (χ2v) is 9.09. The van der Waals surface area contributed by atoms with Crippen molar-refractivity contribution in [2.24, 2.45) is 0 Å². The molecule has 0 bridgehead atoms. The largest absolute Gasteiger partial charge is 0.454 e. The van der Waals surface area contributed by atoms with Crippen LogP contribution in [0.2, 0.25) is 0 Å². The number of hydrogen-bond acceptors (Lipinski definition) is 6. The Hall–Kier alpha value is -3.98. The highest BCUT2D eigenvalue weighted by Crippen LogP contribution is 2.38. The highest BCUT2D eigenvalue weighted by Gasteiger charge is 2.49. The van der Waals surface area contributed by atoms with E-state index in [0.29, 0.717) is 22.7 Å². The van der Waals surface area contributed by atoms with E-state index in [-0.39, 0.29) is 6.79 Å². The summed E-state index contributed by atoms with van der Waals surface area (Å²) in [5, 5.41) is 5.54. The van der Waals surface area contributed by atoms with E-state index in [1.54, 1.807) is 31.2 Å². The van der Waals surface area contributed by atoms with Gasteiger partial charge in [0, 0.05) is 9.79 Å². The van der Waals surface area contributed by atoms with E-state index >= 15 is 0 Å². The fourth-order valence-corrected chi connectivity index (χ4v) is 4.77. The van der Waals surface area contributed by atoms with Gasteiger partial charge < -0.3 is 20.1 Å². The van der Waals surface area contributed by atoms with Gasteiger partial charge in [-0.2, -0.15) is 0 Å². The molecule has 0 aromatic heterocycles. The number of imide groups is 1. The molecule has 0 unspecified atom stereocenters. The molecular formula is C25H21N3O5S. The number of rotatable bonds is 6. The van der Waals surface area contributed by atoms with Crippen LogP contribution in [0.3, 0.4) is 0 Å². The van der Waals surface area contributed by atoms with Gasteiger partial charge in [-0.25, -0.2) is 4.79 Å². The number of amides is 4. The van der Waals surface area contributed by atoms with Gasteiger partial charge >= 0.3 is 6.03 Å². The maximum absolute atomic E-state index is 13.2. The molecule has 34 heavy (non-hydrogen) atoms. The van der Waals surface area contributed by atoms with Crippen LogP contribution >= 0.6 is 11.8 Å². The lowest BCUT2D eigenvalue weighted by atomic mass is 9.91. The van der Waals surface area contributed by atoms with Crippen LogP contribution < -0.4 is 20.1 Å². The zero-order chi connectivity index (χ0) is 23.7. The van der Waals surface area contributed by atoms with E-state index in [1.807, 2.05) is 48.5 Å². The second kappa shape index (κ2) is 8.75. The van der Waals surface area contributed by atoms with Crippen LogP contribution in [-0.4, -0.2) is 36.1 Å². The van der Waals surface area contributed by atoms with E-state index in [0.717, 1.165) is 14.7 Å². The molecule has 0 saturated carbocycles. The molecule has 4 amide bonds. The fourth-order valence-electron chi connectivity index (χ4n) is 3.85. The first-order valence-electron chi connectivity index (χ1n) is 10.6. The number of carbonyl (C=O) groups is 3. The second-order valence-electron chi connectivity index (χ2n) is 7.97. The van der Waals surface area contributed by atoms with Gasteiger partial charge in [0.05, 0.1) is 5.69 Å². The molecule has 2 aliphatic rings. The highest BCUT2D eigenvalue weighted by molar-refractivity contribution is 7.99. The predicted molar refractivity (Wildman–Crippen MR) is 126 cm³/mol. The number of hydrogen-bond donors (Lipinski definition) is 2. The Morgan fingerprint density at radius 2 is 1.76 bits per heavy atom. The lowest BCUT2D eigenvalue weighted by molar-refractivity contribution is -0.133. The molecule has 1 atom stereocenters. The first kappa shape index (κ1) is 21.8. The Labute approximate surface area is 200 Å². The van der Waals surface area contributed by atoms with Crippen molar-refractivity contribution in [2.75, 3.05) is 18.7 Å². The van der Waals surface area contributed by atoms with E-state index in [1.165, 1.54) is 11.8 Å². The highest BCUT2D eigenvalue weighted by atomic mass is 32.2.